The number of hydrogen-bond acceptors (Lipinski definition) is 3. The van der Waals surface area contributed by atoms with E-state index in [0.717, 1.165) is 16.9 Å². The molecule has 0 amide bonds. The first-order valence-electron chi connectivity index (χ1n) is 5.71. The van der Waals surface area contributed by atoms with E-state index < -0.39 is 6.10 Å². The Morgan fingerprint density at radius 2 is 1.94 bits per heavy atom. The summed E-state index contributed by atoms with van der Waals surface area (Å²) in [5.41, 5.74) is 7.63. The Morgan fingerprint density at radius 3 is 2.47 bits per heavy atom. The second-order valence-corrected chi connectivity index (χ2v) is 4.13. The van der Waals surface area contributed by atoms with Crippen LogP contribution in [0.15, 0.2) is 47.1 Å². The normalized spacial score (nSPS) is 14.5. The maximum atomic E-state index is 10.4. The molecule has 0 bridgehead atoms. The summed E-state index contributed by atoms with van der Waals surface area (Å²) in [4.78, 5) is 0. The minimum absolute atomic E-state index is 0.104. The first kappa shape index (κ1) is 11.9. The molecule has 3 heteroatoms. The Kier molecular flexibility index (Phi) is 3.61. The van der Waals surface area contributed by atoms with E-state index in [1.807, 2.05) is 37.3 Å². The predicted octanol–water partition coefficient (Wildman–Crippen LogP) is 2.36. The number of furan rings is 1. The second-order valence-electron chi connectivity index (χ2n) is 4.13. The van der Waals surface area contributed by atoms with E-state index >= 15 is 0 Å². The van der Waals surface area contributed by atoms with Gasteiger partial charge in [0.2, 0.25) is 0 Å². The summed E-state index contributed by atoms with van der Waals surface area (Å²) >= 11 is 0. The van der Waals surface area contributed by atoms with E-state index in [1.54, 1.807) is 12.3 Å². The summed E-state index contributed by atoms with van der Waals surface area (Å²) in [6.45, 7) is 2.24. The van der Waals surface area contributed by atoms with Gasteiger partial charge in [0.05, 0.1) is 12.4 Å². The van der Waals surface area contributed by atoms with Crippen LogP contribution in [-0.2, 0) is 0 Å². The molecule has 2 aromatic rings. The van der Waals surface area contributed by atoms with Gasteiger partial charge in [-0.05, 0) is 18.6 Å². The highest BCUT2D eigenvalue weighted by Gasteiger charge is 2.23. The summed E-state index contributed by atoms with van der Waals surface area (Å²) < 4.78 is 5.22. The molecule has 0 aliphatic carbocycles. The molecule has 0 fully saturated rings. The average molecular weight is 231 g/mol. The molecule has 17 heavy (non-hydrogen) atoms. The van der Waals surface area contributed by atoms with E-state index in [0.29, 0.717) is 6.54 Å². The van der Waals surface area contributed by atoms with Crippen molar-refractivity contribution >= 4 is 0 Å². The molecular weight excluding hydrogens is 214 g/mol. The lowest BCUT2D eigenvalue weighted by molar-refractivity contribution is 0.145. The molecule has 1 aromatic heterocycles. The Bertz CT molecular complexity index is 464. The maximum Gasteiger partial charge on any atom is 0.106 e. The summed E-state index contributed by atoms with van der Waals surface area (Å²) in [6.07, 6.45) is 0.966. The van der Waals surface area contributed by atoms with Gasteiger partial charge >= 0.3 is 0 Å². The van der Waals surface area contributed by atoms with E-state index in [1.165, 1.54) is 0 Å². The Hall–Kier alpha value is -1.58. The summed E-state index contributed by atoms with van der Waals surface area (Å²) in [5, 5.41) is 10.4. The zero-order valence-corrected chi connectivity index (χ0v) is 9.84. The molecule has 3 nitrogen and oxygen atoms in total. The molecule has 3 N–H and O–H groups in total. The van der Waals surface area contributed by atoms with Crippen LogP contribution in [-0.4, -0.2) is 11.7 Å². The lowest BCUT2D eigenvalue weighted by atomic mass is 9.89. The molecule has 1 aromatic carbocycles. The number of aliphatic hydroxyl groups excluding tert-OH is 1. The van der Waals surface area contributed by atoms with Crippen LogP contribution in [0.4, 0.5) is 0 Å². The molecule has 0 radical (unpaired) electrons. The number of hydrogen-bond donors (Lipinski definition) is 2. The standard InChI is InChI=1S/C14H17NO2/c1-10-12(7-8-17-10)14(16)13(9-15)11-5-3-2-4-6-11/h2-8,13-14,16H,9,15H2,1H3. The smallest absolute Gasteiger partial charge is 0.106 e. The number of aliphatic hydroxyl groups is 1. The molecule has 1 heterocycles. The summed E-state index contributed by atoms with van der Waals surface area (Å²) in [5.74, 6) is 0.638. The van der Waals surface area contributed by atoms with Gasteiger partial charge < -0.3 is 15.3 Å². The van der Waals surface area contributed by atoms with E-state index in [-0.39, 0.29) is 5.92 Å². The van der Waals surface area contributed by atoms with E-state index in [2.05, 4.69) is 0 Å². The van der Waals surface area contributed by atoms with E-state index in [9.17, 15) is 5.11 Å². The highest BCUT2D eigenvalue weighted by Crippen LogP contribution is 2.32. The minimum Gasteiger partial charge on any atom is -0.469 e. The van der Waals surface area contributed by atoms with Crippen molar-refractivity contribution in [3.8, 4) is 0 Å². The largest absolute Gasteiger partial charge is 0.469 e. The van der Waals surface area contributed by atoms with Crippen molar-refractivity contribution in [3.63, 3.8) is 0 Å². The number of rotatable bonds is 4. The monoisotopic (exact) mass is 231 g/mol. The third-order valence-electron chi connectivity index (χ3n) is 3.08. The fraction of sp³-hybridized carbons (Fsp3) is 0.286. The topological polar surface area (TPSA) is 59.4 Å². The van der Waals surface area contributed by atoms with Crippen molar-refractivity contribution in [1.29, 1.82) is 0 Å². The van der Waals surface area contributed by atoms with Gasteiger partial charge in [-0.1, -0.05) is 30.3 Å². The van der Waals surface area contributed by atoms with Crippen LogP contribution in [0.3, 0.4) is 0 Å². The van der Waals surface area contributed by atoms with Crippen molar-refractivity contribution in [2.45, 2.75) is 18.9 Å². The third-order valence-corrected chi connectivity index (χ3v) is 3.08. The van der Waals surface area contributed by atoms with Crippen LogP contribution < -0.4 is 5.73 Å². The van der Waals surface area contributed by atoms with Crippen LogP contribution in [0, 0.1) is 6.92 Å². The van der Waals surface area contributed by atoms with Gasteiger partial charge in [0, 0.05) is 18.0 Å². The van der Waals surface area contributed by atoms with Crippen LogP contribution >= 0.6 is 0 Å². The highest BCUT2D eigenvalue weighted by atomic mass is 16.3. The van der Waals surface area contributed by atoms with Gasteiger partial charge in [-0.2, -0.15) is 0 Å². The lowest BCUT2D eigenvalue weighted by Crippen LogP contribution is -2.20. The third kappa shape index (κ3) is 2.40. The van der Waals surface area contributed by atoms with Gasteiger partial charge in [-0.25, -0.2) is 0 Å². The molecule has 0 saturated heterocycles. The van der Waals surface area contributed by atoms with Crippen molar-refractivity contribution in [2.24, 2.45) is 5.73 Å². The second kappa shape index (κ2) is 5.17. The molecule has 2 unspecified atom stereocenters. The van der Waals surface area contributed by atoms with Crippen LogP contribution in [0.2, 0.25) is 0 Å². The predicted molar refractivity (Wildman–Crippen MR) is 66.6 cm³/mol. The molecule has 2 atom stereocenters. The first-order valence-corrected chi connectivity index (χ1v) is 5.71. The van der Waals surface area contributed by atoms with Crippen LogP contribution in [0.5, 0.6) is 0 Å². The van der Waals surface area contributed by atoms with Crippen molar-refractivity contribution in [1.82, 2.24) is 0 Å². The van der Waals surface area contributed by atoms with Gasteiger partial charge in [-0.3, -0.25) is 0 Å². The summed E-state index contributed by atoms with van der Waals surface area (Å²) in [6, 6.07) is 11.6. The molecule has 2 rings (SSSR count). The Labute approximate surface area is 101 Å². The zero-order valence-electron chi connectivity index (χ0n) is 9.84. The van der Waals surface area contributed by atoms with Crippen molar-refractivity contribution < 1.29 is 9.52 Å². The lowest BCUT2D eigenvalue weighted by Gasteiger charge is -2.21. The average Bonchev–Trinajstić information content (AvgIpc) is 2.77. The van der Waals surface area contributed by atoms with Gasteiger partial charge in [0.1, 0.15) is 5.76 Å². The van der Waals surface area contributed by atoms with Crippen LogP contribution in [0.1, 0.15) is 28.9 Å². The summed E-state index contributed by atoms with van der Waals surface area (Å²) in [7, 11) is 0. The van der Waals surface area contributed by atoms with Crippen molar-refractivity contribution in [2.75, 3.05) is 6.54 Å². The van der Waals surface area contributed by atoms with Crippen molar-refractivity contribution in [3.05, 3.63) is 59.5 Å². The van der Waals surface area contributed by atoms with Gasteiger partial charge in [0.15, 0.2) is 0 Å². The fourth-order valence-corrected chi connectivity index (χ4v) is 2.07. The molecule has 90 valence electrons. The minimum atomic E-state index is -0.624. The molecule has 0 aliphatic rings. The Morgan fingerprint density at radius 1 is 1.24 bits per heavy atom. The van der Waals surface area contributed by atoms with Gasteiger partial charge in [-0.15, -0.1) is 0 Å². The molecule has 0 spiro atoms. The molecular formula is C14H17NO2. The highest BCUT2D eigenvalue weighted by molar-refractivity contribution is 5.27. The van der Waals surface area contributed by atoms with Gasteiger partial charge in [0.25, 0.3) is 0 Å². The molecule has 0 saturated carbocycles. The number of nitrogens with two attached hydrogens (primary N) is 1. The first-order chi connectivity index (χ1) is 8.24. The number of aryl methyl sites for hydroxylation is 1. The SMILES string of the molecule is Cc1occc1C(O)C(CN)c1ccccc1. The maximum absolute atomic E-state index is 10.4. The quantitative estimate of drug-likeness (QED) is 0.849. The zero-order chi connectivity index (χ0) is 12.3. The van der Waals surface area contributed by atoms with E-state index in [4.69, 9.17) is 10.2 Å². The number of benzene rings is 1. The fourth-order valence-electron chi connectivity index (χ4n) is 2.07. The Balaban J connectivity index is 2.28. The molecule has 0 aliphatic heterocycles. The van der Waals surface area contributed by atoms with Crippen LogP contribution in [0.25, 0.3) is 0 Å².